The summed E-state index contributed by atoms with van der Waals surface area (Å²) >= 11 is 3.54. The van der Waals surface area contributed by atoms with Crippen LogP contribution in [0.3, 0.4) is 0 Å². The van der Waals surface area contributed by atoms with Crippen molar-refractivity contribution in [2.75, 3.05) is 17.5 Å². The van der Waals surface area contributed by atoms with Gasteiger partial charge in [-0.25, -0.2) is 8.42 Å². The third kappa shape index (κ3) is 6.24. The minimum absolute atomic E-state index is 0.0210. The lowest BCUT2D eigenvalue weighted by atomic mass is 10.0. The standard InChI is InChI=1S/C27H30BrNO5S/c1-6-33-22-11-9-21(10-12-22)29(35(31,32)23-13-7-19(4)8-14-23)27(30)17-34-26-15-20(5)25(28)16-24(26)18(2)3/h7-16,18H,6,17H2,1-5H3. The minimum atomic E-state index is -4.19. The molecule has 1 amide bonds. The first kappa shape index (κ1) is 26.8. The van der Waals surface area contributed by atoms with Crippen LogP contribution in [-0.4, -0.2) is 27.5 Å². The van der Waals surface area contributed by atoms with Gasteiger partial charge in [-0.05, 0) is 86.3 Å². The molecule has 6 nitrogen and oxygen atoms in total. The molecule has 0 radical (unpaired) electrons. The van der Waals surface area contributed by atoms with E-state index in [1.165, 1.54) is 12.1 Å². The van der Waals surface area contributed by atoms with Crippen molar-refractivity contribution in [2.24, 2.45) is 0 Å². The first-order chi connectivity index (χ1) is 16.5. The molecular formula is C27H30BrNO5S. The van der Waals surface area contributed by atoms with Gasteiger partial charge in [0.25, 0.3) is 15.9 Å². The second-order valence-corrected chi connectivity index (χ2v) is 11.1. The highest BCUT2D eigenvalue weighted by atomic mass is 79.9. The number of nitrogens with zero attached hydrogens (tertiary/aromatic N) is 1. The lowest BCUT2D eigenvalue weighted by Crippen LogP contribution is -2.40. The van der Waals surface area contributed by atoms with E-state index in [1.807, 2.05) is 46.8 Å². The van der Waals surface area contributed by atoms with Crippen molar-refractivity contribution in [2.45, 2.75) is 45.4 Å². The Morgan fingerprint density at radius 1 is 0.971 bits per heavy atom. The predicted molar refractivity (Wildman–Crippen MR) is 142 cm³/mol. The third-order valence-electron chi connectivity index (χ3n) is 5.43. The number of benzene rings is 3. The number of carbonyl (C=O) groups is 1. The van der Waals surface area contributed by atoms with E-state index < -0.39 is 22.5 Å². The van der Waals surface area contributed by atoms with Crippen LogP contribution in [0.1, 0.15) is 43.4 Å². The molecule has 0 aliphatic rings. The van der Waals surface area contributed by atoms with Gasteiger partial charge in [0.2, 0.25) is 0 Å². The Kier molecular flexibility index (Phi) is 8.61. The van der Waals surface area contributed by atoms with E-state index in [1.54, 1.807) is 36.4 Å². The van der Waals surface area contributed by atoms with Gasteiger partial charge in [-0.2, -0.15) is 4.31 Å². The van der Waals surface area contributed by atoms with E-state index >= 15 is 0 Å². The summed E-state index contributed by atoms with van der Waals surface area (Å²) in [6.45, 7) is 9.74. The maximum Gasteiger partial charge on any atom is 0.278 e. The molecule has 8 heteroatoms. The maximum atomic E-state index is 13.6. The van der Waals surface area contributed by atoms with Crippen LogP contribution in [0.4, 0.5) is 5.69 Å². The number of rotatable bonds is 9. The summed E-state index contributed by atoms with van der Waals surface area (Å²) in [5.41, 5.74) is 2.99. The highest BCUT2D eigenvalue weighted by molar-refractivity contribution is 9.10. The van der Waals surface area contributed by atoms with E-state index in [4.69, 9.17) is 9.47 Å². The molecule has 3 aromatic rings. The molecule has 3 rings (SSSR count). The van der Waals surface area contributed by atoms with Crippen LogP contribution in [0.5, 0.6) is 11.5 Å². The van der Waals surface area contributed by atoms with E-state index in [-0.39, 0.29) is 16.5 Å². The number of halogens is 1. The number of ether oxygens (including phenoxy) is 2. The van der Waals surface area contributed by atoms with Crippen molar-refractivity contribution in [1.29, 1.82) is 0 Å². The SMILES string of the molecule is CCOc1ccc(N(C(=O)COc2cc(C)c(Br)cc2C(C)C)S(=O)(=O)c2ccc(C)cc2)cc1. The molecule has 0 atom stereocenters. The molecule has 0 spiro atoms. The van der Waals surface area contributed by atoms with Crippen LogP contribution in [-0.2, 0) is 14.8 Å². The summed E-state index contributed by atoms with van der Waals surface area (Å²) in [4.78, 5) is 13.4. The topological polar surface area (TPSA) is 72.9 Å². The fraction of sp³-hybridized carbons (Fsp3) is 0.296. The van der Waals surface area contributed by atoms with Crippen molar-refractivity contribution in [1.82, 2.24) is 0 Å². The average molecular weight is 561 g/mol. The molecule has 0 saturated heterocycles. The van der Waals surface area contributed by atoms with Crippen molar-refractivity contribution in [3.8, 4) is 11.5 Å². The van der Waals surface area contributed by atoms with Gasteiger partial charge in [-0.3, -0.25) is 4.79 Å². The summed E-state index contributed by atoms with van der Waals surface area (Å²) < 4.78 is 40.3. The van der Waals surface area contributed by atoms with Crippen LogP contribution in [0, 0.1) is 13.8 Å². The molecule has 0 saturated carbocycles. The Hall–Kier alpha value is -2.84. The highest BCUT2D eigenvalue weighted by Crippen LogP contribution is 2.33. The zero-order valence-electron chi connectivity index (χ0n) is 20.5. The number of amides is 1. The monoisotopic (exact) mass is 559 g/mol. The van der Waals surface area contributed by atoms with Crippen LogP contribution in [0.15, 0.2) is 70.0 Å². The molecule has 0 unspecified atom stereocenters. The quantitative estimate of drug-likeness (QED) is 0.303. The van der Waals surface area contributed by atoms with Crippen LogP contribution < -0.4 is 13.8 Å². The summed E-state index contributed by atoms with van der Waals surface area (Å²) in [6, 6.07) is 16.6. The van der Waals surface area contributed by atoms with Gasteiger partial charge in [0.05, 0.1) is 17.2 Å². The predicted octanol–water partition coefficient (Wildman–Crippen LogP) is 6.39. The van der Waals surface area contributed by atoms with Crippen molar-refractivity contribution in [3.05, 3.63) is 81.8 Å². The first-order valence-electron chi connectivity index (χ1n) is 11.3. The molecule has 0 N–H and O–H groups in total. The van der Waals surface area contributed by atoms with Crippen LogP contribution in [0.2, 0.25) is 0 Å². The minimum Gasteiger partial charge on any atom is -0.494 e. The molecule has 3 aromatic carbocycles. The normalized spacial score (nSPS) is 11.4. The molecule has 0 aromatic heterocycles. The van der Waals surface area contributed by atoms with Crippen molar-refractivity contribution < 1.29 is 22.7 Å². The molecule has 0 bridgehead atoms. The van der Waals surface area contributed by atoms with Gasteiger partial charge in [-0.1, -0.05) is 47.5 Å². The number of aryl methyl sites for hydroxylation is 2. The zero-order chi connectivity index (χ0) is 25.8. The number of carbonyl (C=O) groups excluding carboxylic acids is 1. The molecule has 0 fully saturated rings. The highest BCUT2D eigenvalue weighted by Gasteiger charge is 2.31. The van der Waals surface area contributed by atoms with Crippen molar-refractivity contribution >= 4 is 37.5 Å². The second kappa shape index (κ2) is 11.3. The van der Waals surface area contributed by atoms with E-state index in [0.29, 0.717) is 18.1 Å². The lowest BCUT2D eigenvalue weighted by molar-refractivity contribution is -0.119. The average Bonchev–Trinajstić information content (AvgIpc) is 2.81. The van der Waals surface area contributed by atoms with E-state index in [9.17, 15) is 13.2 Å². The van der Waals surface area contributed by atoms with Crippen LogP contribution in [0.25, 0.3) is 0 Å². The van der Waals surface area contributed by atoms with Crippen LogP contribution >= 0.6 is 15.9 Å². The Balaban J connectivity index is 1.98. The Morgan fingerprint density at radius 3 is 2.17 bits per heavy atom. The largest absolute Gasteiger partial charge is 0.494 e. The summed E-state index contributed by atoms with van der Waals surface area (Å²) in [7, 11) is -4.19. The zero-order valence-corrected chi connectivity index (χ0v) is 22.9. The second-order valence-electron chi connectivity index (χ2n) is 8.49. The number of hydrogen-bond acceptors (Lipinski definition) is 5. The molecule has 0 aliphatic heterocycles. The number of hydrogen-bond donors (Lipinski definition) is 0. The Morgan fingerprint density at radius 2 is 1.60 bits per heavy atom. The molecular weight excluding hydrogens is 530 g/mol. The first-order valence-corrected chi connectivity index (χ1v) is 13.6. The molecule has 0 heterocycles. The maximum absolute atomic E-state index is 13.6. The van der Waals surface area contributed by atoms with E-state index in [2.05, 4.69) is 15.9 Å². The van der Waals surface area contributed by atoms with Gasteiger partial charge >= 0.3 is 0 Å². The molecule has 186 valence electrons. The van der Waals surface area contributed by atoms with Crippen molar-refractivity contribution in [3.63, 3.8) is 0 Å². The number of sulfonamides is 1. The molecule has 0 aliphatic carbocycles. The molecule has 35 heavy (non-hydrogen) atoms. The third-order valence-corrected chi connectivity index (χ3v) is 8.05. The summed E-state index contributed by atoms with van der Waals surface area (Å²) in [6.07, 6.45) is 0. The fourth-order valence-electron chi connectivity index (χ4n) is 3.52. The smallest absolute Gasteiger partial charge is 0.278 e. The summed E-state index contributed by atoms with van der Waals surface area (Å²) in [5, 5.41) is 0. The Labute approximate surface area is 216 Å². The van der Waals surface area contributed by atoms with Gasteiger partial charge < -0.3 is 9.47 Å². The summed E-state index contributed by atoms with van der Waals surface area (Å²) in [5.74, 6) is 0.577. The van der Waals surface area contributed by atoms with Gasteiger partial charge in [-0.15, -0.1) is 0 Å². The Bertz CT molecular complexity index is 1290. The number of anilines is 1. The van der Waals surface area contributed by atoms with Gasteiger partial charge in [0.15, 0.2) is 6.61 Å². The van der Waals surface area contributed by atoms with Gasteiger partial charge in [0, 0.05) is 4.47 Å². The fourth-order valence-corrected chi connectivity index (χ4v) is 5.29. The van der Waals surface area contributed by atoms with E-state index in [0.717, 1.165) is 25.5 Å². The van der Waals surface area contributed by atoms with Gasteiger partial charge in [0.1, 0.15) is 11.5 Å². The lowest BCUT2D eigenvalue weighted by Gasteiger charge is -2.24.